The van der Waals surface area contributed by atoms with Gasteiger partial charge in [0.1, 0.15) is 5.02 Å². The van der Waals surface area contributed by atoms with Crippen LogP contribution in [0.5, 0.6) is 0 Å². The van der Waals surface area contributed by atoms with E-state index in [-0.39, 0.29) is 16.0 Å². The zero-order chi connectivity index (χ0) is 12.3. The van der Waals surface area contributed by atoms with Crippen LogP contribution in [0.15, 0.2) is 35.3 Å². The molecule has 0 aliphatic heterocycles. The van der Waals surface area contributed by atoms with E-state index >= 15 is 0 Å². The van der Waals surface area contributed by atoms with Crippen molar-refractivity contribution < 1.29 is 4.79 Å². The topological polar surface area (TPSA) is 55.2 Å². The minimum absolute atomic E-state index is 0.0144. The molecule has 1 heterocycles. The minimum atomic E-state index is 0.0144. The number of nitrogens with zero attached hydrogens (tertiary/aromatic N) is 3. The molecule has 2 aromatic rings. The van der Waals surface area contributed by atoms with Crippen molar-refractivity contribution in [2.75, 3.05) is 0 Å². The minimum Gasteiger partial charge on any atom is -0.215 e. The van der Waals surface area contributed by atoms with Gasteiger partial charge < -0.3 is 0 Å². The molecule has 0 saturated heterocycles. The van der Waals surface area contributed by atoms with Gasteiger partial charge in [0.05, 0.1) is 0 Å². The molecule has 1 aromatic heterocycles. The second kappa shape index (κ2) is 5.06. The Labute approximate surface area is 107 Å². The van der Waals surface area contributed by atoms with Crippen molar-refractivity contribution >= 4 is 35.1 Å². The Balaban J connectivity index is 2.61. The zero-order valence-electron chi connectivity index (χ0n) is 8.39. The van der Waals surface area contributed by atoms with Crippen molar-refractivity contribution in [3.63, 3.8) is 0 Å². The molecule has 0 saturated carbocycles. The first-order chi connectivity index (χ1) is 8.22. The molecule has 0 N–H and O–H groups in total. The molecule has 0 spiro atoms. The molecule has 0 aliphatic carbocycles. The van der Waals surface area contributed by atoms with Gasteiger partial charge in [-0.25, -0.2) is 14.8 Å². The molecule has 1 aromatic carbocycles. The summed E-state index contributed by atoms with van der Waals surface area (Å²) in [5.74, 6) is 0.370. The smallest absolute Gasteiger partial charge is 0.215 e. The Morgan fingerprint density at radius 1 is 1.12 bits per heavy atom. The zero-order valence-corrected chi connectivity index (χ0v) is 9.90. The van der Waals surface area contributed by atoms with Gasteiger partial charge in [-0.3, -0.25) is 0 Å². The van der Waals surface area contributed by atoms with E-state index in [0.717, 1.165) is 5.56 Å². The first kappa shape index (κ1) is 11.7. The molecule has 84 valence electrons. The molecule has 17 heavy (non-hydrogen) atoms. The molecule has 4 nitrogen and oxygen atoms in total. The van der Waals surface area contributed by atoms with Crippen molar-refractivity contribution in [1.82, 2.24) is 9.97 Å². The molecule has 0 unspecified atom stereocenters. The van der Waals surface area contributed by atoms with Crippen LogP contribution in [0, 0.1) is 0 Å². The number of rotatable bonds is 2. The SMILES string of the molecule is O=C=Nc1nc(-c2ccccc2)nc(Cl)c1Cl. The monoisotopic (exact) mass is 265 g/mol. The highest BCUT2D eigenvalue weighted by Gasteiger charge is 2.11. The molecule has 0 atom stereocenters. The van der Waals surface area contributed by atoms with E-state index in [1.165, 1.54) is 6.08 Å². The van der Waals surface area contributed by atoms with Crippen LogP contribution < -0.4 is 0 Å². The largest absolute Gasteiger partial charge is 0.242 e. The average Bonchev–Trinajstić information content (AvgIpc) is 2.36. The highest BCUT2D eigenvalue weighted by Crippen LogP contribution is 2.31. The average molecular weight is 266 g/mol. The van der Waals surface area contributed by atoms with Crippen LogP contribution in [0.25, 0.3) is 11.4 Å². The van der Waals surface area contributed by atoms with E-state index in [4.69, 9.17) is 23.2 Å². The van der Waals surface area contributed by atoms with Gasteiger partial charge in [0, 0.05) is 5.56 Å². The molecule has 0 amide bonds. The number of aromatic nitrogens is 2. The lowest BCUT2D eigenvalue weighted by molar-refractivity contribution is 0.565. The number of aliphatic imine (C=N–C) groups is 1. The Bertz CT molecular complexity index is 595. The van der Waals surface area contributed by atoms with E-state index in [1.807, 2.05) is 30.3 Å². The number of halogens is 2. The van der Waals surface area contributed by atoms with Gasteiger partial charge in [0.25, 0.3) is 0 Å². The highest BCUT2D eigenvalue weighted by molar-refractivity contribution is 6.42. The molecule has 0 radical (unpaired) electrons. The standard InChI is InChI=1S/C11H5Cl2N3O/c12-8-9(13)15-10(16-11(8)14-6-17)7-4-2-1-3-5-7/h1-5H. The summed E-state index contributed by atoms with van der Waals surface area (Å²) >= 11 is 11.6. The summed E-state index contributed by atoms with van der Waals surface area (Å²) in [6.07, 6.45) is 1.37. The predicted octanol–water partition coefficient (Wildman–Crippen LogP) is 3.42. The molecule has 2 rings (SSSR count). The van der Waals surface area contributed by atoms with E-state index in [9.17, 15) is 4.79 Å². The van der Waals surface area contributed by atoms with Crippen LogP contribution in [0.2, 0.25) is 10.2 Å². The molecule has 6 heteroatoms. The summed E-state index contributed by atoms with van der Waals surface area (Å²) in [5.41, 5.74) is 0.758. The maximum atomic E-state index is 10.2. The van der Waals surface area contributed by atoms with E-state index in [2.05, 4.69) is 15.0 Å². The summed E-state index contributed by atoms with van der Waals surface area (Å²) in [4.78, 5) is 21.7. The number of hydrogen-bond acceptors (Lipinski definition) is 4. The van der Waals surface area contributed by atoms with Crippen molar-refractivity contribution in [1.29, 1.82) is 0 Å². The lowest BCUT2D eigenvalue weighted by Crippen LogP contribution is -1.91. The number of carbonyl (C=O) groups excluding carboxylic acids is 1. The van der Waals surface area contributed by atoms with E-state index in [0.29, 0.717) is 5.82 Å². The third-order valence-corrected chi connectivity index (χ3v) is 2.70. The van der Waals surface area contributed by atoms with Crippen molar-refractivity contribution in [3.8, 4) is 11.4 Å². The molecule has 0 bridgehead atoms. The Morgan fingerprint density at radius 2 is 1.82 bits per heavy atom. The summed E-state index contributed by atoms with van der Waals surface area (Å²) in [6, 6.07) is 9.17. The maximum absolute atomic E-state index is 10.2. The van der Waals surface area contributed by atoms with Gasteiger partial charge in [-0.05, 0) is 0 Å². The predicted molar refractivity (Wildman–Crippen MR) is 65.3 cm³/mol. The van der Waals surface area contributed by atoms with Gasteiger partial charge in [0.15, 0.2) is 16.8 Å². The van der Waals surface area contributed by atoms with Crippen LogP contribution in [-0.2, 0) is 4.79 Å². The van der Waals surface area contributed by atoms with Crippen molar-refractivity contribution in [2.24, 2.45) is 4.99 Å². The summed E-state index contributed by atoms with van der Waals surface area (Å²) in [7, 11) is 0. The summed E-state index contributed by atoms with van der Waals surface area (Å²) in [6.45, 7) is 0. The first-order valence-electron chi connectivity index (χ1n) is 4.58. The molecular weight excluding hydrogens is 261 g/mol. The van der Waals surface area contributed by atoms with Gasteiger partial charge in [-0.1, -0.05) is 53.5 Å². The third-order valence-electron chi connectivity index (χ3n) is 1.98. The highest BCUT2D eigenvalue weighted by atomic mass is 35.5. The van der Waals surface area contributed by atoms with Crippen LogP contribution >= 0.6 is 23.2 Å². The fraction of sp³-hybridized carbons (Fsp3) is 0. The lowest BCUT2D eigenvalue weighted by Gasteiger charge is -2.03. The fourth-order valence-corrected chi connectivity index (χ4v) is 1.53. The van der Waals surface area contributed by atoms with Crippen LogP contribution in [0.3, 0.4) is 0 Å². The lowest BCUT2D eigenvalue weighted by atomic mass is 10.2. The second-order valence-corrected chi connectivity index (χ2v) is 3.78. The number of benzene rings is 1. The second-order valence-electron chi connectivity index (χ2n) is 3.04. The Kier molecular flexibility index (Phi) is 3.49. The van der Waals surface area contributed by atoms with Crippen LogP contribution in [0.4, 0.5) is 5.82 Å². The molecule has 0 fully saturated rings. The summed E-state index contributed by atoms with van der Waals surface area (Å²) in [5, 5.41) is 0.0872. The first-order valence-corrected chi connectivity index (χ1v) is 5.34. The fourth-order valence-electron chi connectivity index (χ4n) is 1.24. The Morgan fingerprint density at radius 3 is 2.47 bits per heavy atom. The van der Waals surface area contributed by atoms with Crippen molar-refractivity contribution in [2.45, 2.75) is 0 Å². The van der Waals surface area contributed by atoms with E-state index < -0.39 is 0 Å². The van der Waals surface area contributed by atoms with Crippen LogP contribution in [-0.4, -0.2) is 16.0 Å². The third kappa shape index (κ3) is 2.50. The van der Waals surface area contributed by atoms with E-state index in [1.54, 1.807) is 0 Å². The number of isocyanates is 1. The maximum Gasteiger partial charge on any atom is 0.242 e. The molecule has 0 aliphatic rings. The Hall–Kier alpha value is -1.74. The normalized spacial score (nSPS) is 9.76. The van der Waals surface area contributed by atoms with Gasteiger partial charge >= 0.3 is 0 Å². The van der Waals surface area contributed by atoms with Gasteiger partial charge in [-0.2, -0.15) is 0 Å². The van der Waals surface area contributed by atoms with Gasteiger partial charge in [0.2, 0.25) is 6.08 Å². The quantitative estimate of drug-likeness (QED) is 0.475. The number of hydrogen-bond donors (Lipinski definition) is 0. The van der Waals surface area contributed by atoms with Crippen molar-refractivity contribution in [3.05, 3.63) is 40.5 Å². The summed E-state index contributed by atoms with van der Waals surface area (Å²) < 4.78 is 0. The van der Waals surface area contributed by atoms with Crippen LogP contribution in [0.1, 0.15) is 0 Å². The molecular formula is C11H5Cl2N3O. The van der Waals surface area contributed by atoms with Gasteiger partial charge in [-0.15, -0.1) is 4.99 Å².